The molecule has 1 heterocycles. The summed E-state index contributed by atoms with van der Waals surface area (Å²) >= 11 is 0. The Labute approximate surface area is 122 Å². The third-order valence-electron chi connectivity index (χ3n) is 3.40. The van der Waals surface area contributed by atoms with Gasteiger partial charge >= 0.3 is 0 Å². The number of sulfonamides is 1. The molecule has 8 nitrogen and oxygen atoms in total. The zero-order valence-electron chi connectivity index (χ0n) is 11.8. The van der Waals surface area contributed by atoms with E-state index in [1.165, 1.54) is 13.2 Å². The van der Waals surface area contributed by atoms with Crippen molar-refractivity contribution in [2.75, 3.05) is 20.2 Å². The molecule has 0 aromatic heterocycles. The maximum Gasteiger partial charge on any atom is 0.273 e. The largest absolute Gasteiger partial charge is 0.495 e. The molecule has 1 atom stereocenters. The van der Waals surface area contributed by atoms with E-state index in [0.29, 0.717) is 13.0 Å². The average Bonchev–Trinajstić information content (AvgIpc) is 2.83. The average molecular weight is 315 g/mol. The van der Waals surface area contributed by atoms with Crippen LogP contribution in [-0.4, -0.2) is 39.1 Å². The van der Waals surface area contributed by atoms with Gasteiger partial charge in [-0.3, -0.25) is 10.1 Å². The summed E-state index contributed by atoms with van der Waals surface area (Å²) in [4.78, 5) is 10.0. The predicted molar refractivity (Wildman–Crippen MR) is 75.9 cm³/mol. The minimum absolute atomic E-state index is 0.0498. The number of rotatable bonds is 5. The fourth-order valence-corrected chi connectivity index (χ4v) is 3.86. The second-order valence-corrected chi connectivity index (χ2v) is 6.84. The van der Waals surface area contributed by atoms with E-state index in [4.69, 9.17) is 4.74 Å². The first kappa shape index (κ1) is 15.7. The molecule has 2 N–H and O–H groups in total. The van der Waals surface area contributed by atoms with Crippen LogP contribution in [0.2, 0.25) is 0 Å². The fraction of sp³-hybridized carbons (Fsp3) is 0.500. The Kier molecular flexibility index (Phi) is 4.17. The van der Waals surface area contributed by atoms with Crippen molar-refractivity contribution in [3.05, 3.63) is 28.3 Å². The molecule has 0 saturated carbocycles. The van der Waals surface area contributed by atoms with Crippen molar-refractivity contribution in [1.82, 2.24) is 10.0 Å². The van der Waals surface area contributed by atoms with Gasteiger partial charge in [0.05, 0.1) is 18.1 Å². The molecule has 2 rings (SSSR count). The highest BCUT2D eigenvalue weighted by atomic mass is 32.2. The molecule has 1 aliphatic heterocycles. The first-order valence-corrected chi connectivity index (χ1v) is 7.83. The fourth-order valence-electron chi connectivity index (χ4n) is 2.28. The molecule has 1 unspecified atom stereocenters. The molecule has 1 aromatic rings. The SMILES string of the molecule is COc1cc([N+](=O)[O-])ccc1S(=O)(=O)NC1(C)CCNC1. The molecule has 1 saturated heterocycles. The van der Waals surface area contributed by atoms with E-state index in [0.717, 1.165) is 18.7 Å². The lowest BCUT2D eigenvalue weighted by Gasteiger charge is -2.24. The molecular weight excluding hydrogens is 298 g/mol. The van der Waals surface area contributed by atoms with E-state index in [1.54, 1.807) is 0 Å². The number of hydrogen-bond acceptors (Lipinski definition) is 6. The highest BCUT2D eigenvalue weighted by Crippen LogP contribution is 2.29. The number of nitrogens with one attached hydrogen (secondary N) is 2. The second kappa shape index (κ2) is 5.58. The van der Waals surface area contributed by atoms with Crippen LogP contribution in [0.3, 0.4) is 0 Å². The van der Waals surface area contributed by atoms with Crippen LogP contribution in [0.1, 0.15) is 13.3 Å². The Morgan fingerprint density at radius 2 is 2.19 bits per heavy atom. The van der Waals surface area contributed by atoms with Crippen LogP contribution in [-0.2, 0) is 10.0 Å². The number of ether oxygens (including phenoxy) is 1. The number of methoxy groups -OCH3 is 1. The molecular formula is C12H17N3O5S. The topological polar surface area (TPSA) is 111 Å². The van der Waals surface area contributed by atoms with E-state index in [-0.39, 0.29) is 16.3 Å². The van der Waals surface area contributed by atoms with Gasteiger partial charge in [0.25, 0.3) is 5.69 Å². The van der Waals surface area contributed by atoms with E-state index in [1.807, 2.05) is 6.92 Å². The lowest BCUT2D eigenvalue weighted by Crippen LogP contribution is -2.47. The number of nitro groups is 1. The van der Waals surface area contributed by atoms with Crippen molar-refractivity contribution in [3.8, 4) is 5.75 Å². The van der Waals surface area contributed by atoms with Gasteiger partial charge < -0.3 is 10.1 Å². The summed E-state index contributed by atoms with van der Waals surface area (Å²) in [6.07, 6.45) is 0.668. The lowest BCUT2D eigenvalue weighted by atomic mass is 10.0. The molecule has 1 aromatic carbocycles. The Morgan fingerprint density at radius 1 is 1.48 bits per heavy atom. The van der Waals surface area contributed by atoms with Crippen molar-refractivity contribution in [3.63, 3.8) is 0 Å². The standard InChI is InChI=1S/C12H17N3O5S/c1-12(5-6-13-8-12)14-21(18,19)11-4-3-9(15(16)17)7-10(11)20-2/h3-4,7,13-14H,5-6,8H2,1-2H3. The van der Waals surface area contributed by atoms with E-state index in [9.17, 15) is 18.5 Å². The Morgan fingerprint density at radius 3 is 2.71 bits per heavy atom. The zero-order valence-corrected chi connectivity index (χ0v) is 12.6. The third kappa shape index (κ3) is 3.31. The molecule has 0 radical (unpaired) electrons. The maximum atomic E-state index is 12.5. The van der Waals surface area contributed by atoms with Crippen LogP contribution < -0.4 is 14.8 Å². The van der Waals surface area contributed by atoms with E-state index in [2.05, 4.69) is 10.0 Å². The molecule has 9 heteroatoms. The minimum Gasteiger partial charge on any atom is -0.495 e. The summed E-state index contributed by atoms with van der Waals surface area (Å²) in [5.74, 6) is -0.0498. The zero-order chi connectivity index (χ0) is 15.7. The molecule has 0 aliphatic carbocycles. The van der Waals surface area contributed by atoms with Crippen LogP contribution in [0.15, 0.2) is 23.1 Å². The first-order valence-electron chi connectivity index (χ1n) is 6.34. The van der Waals surface area contributed by atoms with Crippen molar-refractivity contribution in [1.29, 1.82) is 0 Å². The summed E-state index contributed by atoms with van der Waals surface area (Å²) in [7, 11) is -2.55. The molecule has 0 amide bonds. The maximum absolute atomic E-state index is 12.5. The van der Waals surface area contributed by atoms with Gasteiger partial charge in [0, 0.05) is 18.2 Å². The second-order valence-electron chi connectivity index (χ2n) is 5.19. The quantitative estimate of drug-likeness (QED) is 0.609. The summed E-state index contributed by atoms with van der Waals surface area (Å²) in [5.41, 5.74) is -0.800. The summed E-state index contributed by atoms with van der Waals surface area (Å²) in [6, 6.07) is 3.43. The lowest BCUT2D eigenvalue weighted by molar-refractivity contribution is -0.385. The summed E-state index contributed by atoms with van der Waals surface area (Å²) < 4.78 is 32.5. The molecule has 116 valence electrons. The normalized spacial score (nSPS) is 22.2. The first-order chi connectivity index (χ1) is 9.77. The minimum atomic E-state index is -3.82. The van der Waals surface area contributed by atoms with Gasteiger partial charge in [0.1, 0.15) is 10.6 Å². The summed E-state index contributed by atoms with van der Waals surface area (Å²) in [6.45, 7) is 3.07. The highest BCUT2D eigenvalue weighted by Gasteiger charge is 2.35. The number of nitro benzene ring substituents is 1. The van der Waals surface area contributed by atoms with Crippen LogP contribution >= 0.6 is 0 Å². The molecule has 0 bridgehead atoms. The van der Waals surface area contributed by atoms with Crippen LogP contribution in [0.5, 0.6) is 5.75 Å². The smallest absolute Gasteiger partial charge is 0.273 e. The number of non-ortho nitro benzene ring substituents is 1. The van der Waals surface area contributed by atoms with Gasteiger partial charge in [0.15, 0.2) is 0 Å². The van der Waals surface area contributed by atoms with Gasteiger partial charge in [-0.2, -0.15) is 0 Å². The molecule has 21 heavy (non-hydrogen) atoms. The van der Waals surface area contributed by atoms with Crippen LogP contribution in [0.4, 0.5) is 5.69 Å². The Balaban J connectivity index is 2.37. The van der Waals surface area contributed by atoms with Gasteiger partial charge in [-0.15, -0.1) is 0 Å². The van der Waals surface area contributed by atoms with E-state index >= 15 is 0 Å². The monoisotopic (exact) mass is 315 g/mol. The number of benzene rings is 1. The highest BCUT2D eigenvalue weighted by molar-refractivity contribution is 7.89. The van der Waals surface area contributed by atoms with Crippen LogP contribution in [0.25, 0.3) is 0 Å². The number of hydrogen-bond donors (Lipinski definition) is 2. The molecule has 1 aliphatic rings. The van der Waals surface area contributed by atoms with Gasteiger partial charge in [-0.25, -0.2) is 13.1 Å². The molecule has 0 spiro atoms. The van der Waals surface area contributed by atoms with Gasteiger partial charge in [0.2, 0.25) is 10.0 Å². The molecule has 1 fully saturated rings. The third-order valence-corrected chi connectivity index (χ3v) is 5.07. The Hall–Kier alpha value is -1.71. The van der Waals surface area contributed by atoms with Crippen molar-refractivity contribution in [2.45, 2.75) is 23.8 Å². The van der Waals surface area contributed by atoms with Crippen LogP contribution in [0, 0.1) is 10.1 Å². The van der Waals surface area contributed by atoms with Gasteiger partial charge in [-0.05, 0) is 26.0 Å². The Bertz CT molecular complexity index is 653. The number of nitrogens with zero attached hydrogens (tertiary/aromatic N) is 1. The van der Waals surface area contributed by atoms with Crippen molar-refractivity contribution in [2.24, 2.45) is 0 Å². The summed E-state index contributed by atoms with van der Waals surface area (Å²) in [5, 5.41) is 13.8. The van der Waals surface area contributed by atoms with E-state index < -0.39 is 20.5 Å². The predicted octanol–water partition coefficient (Wildman–Crippen LogP) is 0.634. The van der Waals surface area contributed by atoms with Crippen molar-refractivity contribution < 1.29 is 18.1 Å². The van der Waals surface area contributed by atoms with Crippen molar-refractivity contribution >= 4 is 15.7 Å². The van der Waals surface area contributed by atoms with Gasteiger partial charge in [-0.1, -0.05) is 0 Å².